The lowest BCUT2D eigenvalue weighted by molar-refractivity contribution is -0.140. The molecule has 0 amide bonds. The monoisotopic (exact) mass is 199 g/mol. The first-order valence-corrected chi connectivity index (χ1v) is 4.50. The maximum Gasteiger partial charge on any atom is 0.325 e. The van der Waals surface area contributed by atoms with E-state index in [1.807, 2.05) is 0 Å². The third kappa shape index (κ3) is 3.26. The highest BCUT2D eigenvalue weighted by Crippen LogP contribution is 2.05. The summed E-state index contributed by atoms with van der Waals surface area (Å²) in [5.74, 6) is -0.488. The molecule has 0 aromatic rings. The molecular weight excluding hydrogens is 186 g/mol. The van der Waals surface area contributed by atoms with Crippen molar-refractivity contribution in [2.45, 2.75) is 32.2 Å². The Morgan fingerprint density at radius 2 is 2.21 bits per heavy atom. The number of ketones is 2. The summed E-state index contributed by atoms with van der Waals surface area (Å²) < 4.78 is 4.62. The average molecular weight is 199 g/mol. The third-order valence-corrected chi connectivity index (χ3v) is 2.02. The Balaban J connectivity index is 2.26. The Kier molecular flexibility index (Phi) is 3.76. The van der Waals surface area contributed by atoms with Crippen LogP contribution >= 0.6 is 0 Å². The van der Waals surface area contributed by atoms with Crippen molar-refractivity contribution in [3.63, 3.8) is 0 Å². The van der Waals surface area contributed by atoms with Crippen LogP contribution in [0.3, 0.4) is 0 Å². The molecule has 1 aliphatic rings. The van der Waals surface area contributed by atoms with Gasteiger partial charge < -0.3 is 9.53 Å². The fraction of sp³-hybridized carbons (Fsp3) is 0.667. The Hall–Kier alpha value is -1.23. The number of Topliss-reactive ketones (excluding diaryl/α,β-unsaturated/α-hetero) is 2. The molecule has 0 unspecified atom stereocenters. The number of nitrogens with one attached hydrogen (secondary N) is 1. The molecule has 5 nitrogen and oxygen atoms in total. The Labute approximate surface area is 81.8 Å². The van der Waals surface area contributed by atoms with E-state index in [0.29, 0.717) is 0 Å². The van der Waals surface area contributed by atoms with Crippen LogP contribution in [0, 0.1) is 0 Å². The van der Waals surface area contributed by atoms with Crippen LogP contribution in [0.4, 0.5) is 0 Å². The summed E-state index contributed by atoms with van der Waals surface area (Å²) in [6.45, 7) is 1.61. The van der Waals surface area contributed by atoms with E-state index in [9.17, 15) is 14.4 Å². The van der Waals surface area contributed by atoms with Crippen LogP contribution in [0.1, 0.15) is 26.2 Å². The lowest BCUT2D eigenvalue weighted by atomic mass is 10.1. The Morgan fingerprint density at radius 3 is 2.71 bits per heavy atom. The lowest BCUT2D eigenvalue weighted by Gasteiger charge is -2.03. The molecule has 78 valence electrons. The first kappa shape index (κ1) is 10.8. The van der Waals surface area contributed by atoms with Crippen molar-refractivity contribution in [2.24, 2.45) is 0 Å². The molecule has 0 saturated carbocycles. The van der Waals surface area contributed by atoms with Crippen LogP contribution in [0.5, 0.6) is 0 Å². The van der Waals surface area contributed by atoms with Gasteiger partial charge in [-0.05, 0) is 6.92 Å². The second-order valence-corrected chi connectivity index (χ2v) is 3.31. The predicted octanol–water partition coefficient (Wildman–Crippen LogP) is -0.213. The van der Waals surface area contributed by atoms with Gasteiger partial charge in [-0.3, -0.25) is 14.9 Å². The zero-order valence-electron chi connectivity index (χ0n) is 8.04. The van der Waals surface area contributed by atoms with Crippen LogP contribution in [-0.2, 0) is 19.1 Å². The maximum atomic E-state index is 11.2. The van der Waals surface area contributed by atoms with E-state index in [2.05, 4.69) is 10.1 Å². The van der Waals surface area contributed by atoms with E-state index in [0.717, 1.165) is 0 Å². The van der Waals surface area contributed by atoms with Crippen molar-refractivity contribution in [3.05, 3.63) is 0 Å². The molecule has 14 heavy (non-hydrogen) atoms. The van der Waals surface area contributed by atoms with Gasteiger partial charge in [0.25, 0.3) is 0 Å². The number of esters is 1. The summed E-state index contributed by atoms with van der Waals surface area (Å²) in [6, 6.07) is -0.519. The molecule has 1 heterocycles. The van der Waals surface area contributed by atoms with E-state index in [1.165, 1.54) is 6.92 Å². The van der Waals surface area contributed by atoms with E-state index >= 15 is 0 Å². The molecule has 1 atom stereocenters. The van der Waals surface area contributed by atoms with Gasteiger partial charge >= 0.3 is 5.97 Å². The highest BCUT2D eigenvalue weighted by atomic mass is 16.6. The minimum absolute atomic E-state index is 0.0136. The second kappa shape index (κ2) is 4.85. The van der Waals surface area contributed by atoms with Gasteiger partial charge in [-0.25, -0.2) is 0 Å². The minimum Gasteiger partial charge on any atom is -0.449 e. The SMILES string of the molecule is CC(=O)CCC(=O)C[C@@H]1NCOC1=O. The van der Waals surface area contributed by atoms with E-state index in [1.54, 1.807) is 0 Å². The molecule has 5 heteroatoms. The molecule has 0 radical (unpaired) electrons. The van der Waals surface area contributed by atoms with Crippen molar-refractivity contribution in [3.8, 4) is 0 Å². The lowest BCUT2D eigenvalue weighted by Crippen LogP contribution is -2.29. The highest BCUT2D eigenvalue weighted by Gasteiger charge is 2.27. The van der Waals surface area contributed by atoms with Crippen LogP contribution in [0.2, 0.25) is 0 Å². The number of hydrogen-bond acceptors (Lipinski definition) is 5. The number of hydrogen-bond donors (Lipinski definition) is 1. The largest absolute Gasteiger partial charge is 0.449 e. The molecule has 0 aliphatic carbocycles. The van der Waals surface area contributed by atoms with Crippen LogP contribution in [0.15, 0.2) is 0 Å². The highest BCUT2D eigenvalue weighted by molar-refractivity contribution is 5.89. The van der Waals surface area contributed by atoms with Gasteiger partial charge in [0.2, 0.25) is 0 Å². The molecule has 1 rings (SSSR count). The minimum atomic E-state index is -0.519. The van der Waals surface area contributed by atoms with Crippen LogP contribution < -0.4 is 5.32 Å². The third-order valence-electron chi connectivity index (χ3n) is 2.02. The topological polar surface area (TPSA) is 72.5 Å². The molecule has 1 fully saturated rings. The van der Waals surface area contributed by atoms with E-state index in [4.69, 9.17) is 0 Å². The quantitative estimate of drug-likeness (QED) is 0.620. The zero-order chi connectivity index (χ0) is 10.6. The Morgan fingerprint density at radius 1 is 1.50 bits per heavy atom. The van der Waals surface area contributed by atoms with Gasteiger partial charge in [0.05, 0.1) is 0 Å². The fourth-order valence-corrected chi connectivity index (χ4v) is 1.20. The van der Waals surface area contributed by atoms with E-state index < -0.39 is 6.04 Å². The average Bonchev–Trinajstić information content (AvgIpc) is 2.49. The van der Waals surface area contributed by atoms with Crippen molar-refractivity contribution in [1.82, 2.24) is 5.32 Å². The van der Waals surface area contributed by atoms with Gasteiger partial charge in [0.1, 0.15) is 24.3 Å². The number of rotatable bonds is 5. The van der Waals surface area contributed by atoms with Crippen LogP contribution in [-0.4, -0.2) is 30.3 Å². The molecular formula is C9H13NO4. The Bertz CT molecular complexity index is 262. The summed E-state index contributed by atoms with van der Waals surface area (Å²) in [4.78, 5) is 32.8. The molecule has 1 N–H and O–H groups in total. The first-order chi connectivity index (χ1) is 6.59. The summed E-state index contributed by atoms with van der Waals surface area (Å²) in [5.41, 5.74) is 0. The van der Waals surface area contributed by atoms with Gasteiger partial charge in [0.15, 0.2) is 0 Å². The number of ether oxygens (including phenoxy) is 1. The standard InChI is InChI=1S/C9H13NO4/c1-6(11)2-3-7(12)4-8-9(13)14-5-10-8/h8,10H,2-5H2,1H3/t8-/m0/s1. The summed E-state index contributed by atoms with van der Waals surface area (Å²) in [6.07, 6.45) is 0.577. The van der Waals surface area contributed by atoms with Crippen molar-refractivity contribution < 1.29 is 19.1 Å². The molecule has 1 aliphatic heterocycles. The molecule has 0 aromatic heterocycles. The van der Waals surface area contributed by atoms with Crippen molar-refractivity contribution in [1.29, 1.82) is 0 Å². The number of cyclic esters (lactones) is 1. The van der Waals surface area contributed by atoms with Crippen LogP contribution in [0.25, 0.3) is 0 Å². The maximum absolute atomic E-state index is 11.2. The smallest absolute Gasteiger partial charge is 0.325 e. The molecule has 0 bridgehead atoms. The normalized spacial score (nSPS) is 20.6. The summed E-state index contributed by atoms with van der Waals surface area (Å²) >= 11 is 0. The summed E-state index contributed by atoms with van der Waals surface area (Å²) in [7, 11) is 0. The van der Waals surface area contributed by atoms with Gasteiger partial charge in [0, 0.05) is 19.3 Å². The molecule has 0 spiro atoms. The predicted molar refractivity (Wildman–Crippen MR) is 47.4 cm³/mol. The van der Waals surface area contributed by atoms with Gasteiger partial charge in [-0.15, -0.1) is 0 Å². The molecule has 0 aromatic carbocycles. The molecule has 1 saturated heterocycles. The van der Waals surface area contributed by atoms with Crippen molar-refractivity contribution >= 4 is 17.5 Å². The number of carbonyl (C=O) groups excluding carboxylic acids is 3. The van der Waals surface area contributed by atoms with Gasteiger partial charge in [-0.2, -0.15) is 0 Å². The van der Waals surface area contributed by atoms with Crippen molar-refractivity contribution in [2.75, 3.05) is 6.73 Å². The fourth-order valence-electron chi connectivity index (χ4n) is 1.20. The number of carbonyl (C=O) groups is 3. The zero-order valence-corrected chi connectivity index (χ0v) is 8.04. The first-order valence-electron chi connectivity index (χ1n) is 4.50. The van der Waals surface area contributed by atoms with E-state index in [-0.39, 0.29) is 43.5 Å². The second-order valence-electron chi connectivity index (χ2n) is 3.31. The van der Waals surface area contributed by atoms with Gasteiger partial charge in [-0.1, -0.05) is 0 Å². The summed E-state index contributed by atoms with van der Waals surface area (Å²) in [5, 5.41) is 2.75.